The fraction of sp³-hybridized carbons (Fsp3) is 0.320. The lowest BCUT2D eigenvalue weighted by Crippen LogP contribution is -2.44. The number of hydrogen-bond donors (Lipinski definition) is 1. The SMILES string of the molecule is CCC(=O)c1sc(-c2ccc(N3CCN(C)CC3)cc2)c(C)c1NS(=O)(=O)c1ccccc1. The van der Waals surface area contributed by atoms with Crippen LogP contribution in [0.2, 0.25) is 0 Å². The van der Waals surface area contributed by atoms with Gasteiger partial charge in [-0.25, -0.2) is 8.42 Å². The van der Waals surface area contributed by atoms with Crippen molar-refractivity contribution in [2.24, 2.45) is 0 Å². The van der Waals surface area contributed by atoms with Crippen LogP contribution in [0.5, 0.6) is 0 Å². The molecule has 0 radical (unpaired) electrons. The smallest absolute Gasteiger partial charge is 0.261 e. The number of nitrogens with one attached hydrogen (secondary N) is 1. The molecule has 1 N–H and O–H groups in total. The molecule has 0 aliphatic carbocycles. The minimum Gasteiger partial charge on any atom is -0.369 e. The average Bonchev–Trinajstić information content (AvgIpc) is 3.15. The van der Waals surface area contributed by atoms with Gasteiger partial charge >= 0.3 is 0 Å². The molecule has 1 saturated heterocycles. The molecule has 8 heteroatoms. The molecule has 1 fully saturated rings. The highest BCUT2D eigenvalue weighted by molar-refractivity contribution is 7.92. The maximum absolute atomic E-state index is 13.0. The van der Waals surface area contributed by atoms with E-state index in [-0.39, 0.29) is 10.7 Å². The first kappa shape index (κ1) is 23.5. The van der Waals surface area contributed by atoms with Gasteiger partial charge in [-0.2, -0.15) is 0 Å². The molecular formula is C25H29N3O3S2. The summed E-state index contributed by atoms with van der Waals surface area (Å²) in [7, 11) is -1.66. The van der Waals surface area contributed by atoms with Crippen LogP contribution in [0.3, 0.4) is 0 Å². The second kappa shape index (κ2) is 9.67. The standard InChI is InChI=1S/C25H29N3O3S2/c1-4-22(29)25-23(26-33(30,31)21-8-6-5-7-9-21)18(2)24(32-25)19-10-12-20(13-11-19)28-16-14-27(3)15-17-28/h5-13,26H,4,14-17H2,1-3H3. The number of hydrogen-bond acceptors (Lipinski definition) is 6. The van der Waals surface area contributed by atoms with Crippen LogP contribution in [0.4, 0.5) is 11.4 Å². The number of ketones is 1. The molecule has 0 atom stereocenters. The van der Waals surface area contributed by atoms with Crippen molar-refractivity contribution < 1.29 is 13.2 Å². The van der Waals surface area contributed by atoms with Crippen LogP contribution < -0.4 is 9.62 Å². The highest BCUT2D eigenvalue weighted by atomic mass is 32.2. The molecule has 174 valence electrons. The van der Waals surface area contributed by atoms with Crippen molar-refractivity contribution in [3.63, 3.8) is 0 Å². The first-order valence-electron chi connectivity index (χ1n) is 11.1. The van der Waals surface area contributed by atoms with Crippen molar-refractivity contribution in [2.75, 3.05) is 42.8 Å². The molecule has 0 saturated carbocycles. The third kappa shape index (κ3) is 4.98. The van der Waals surface area contributed by atoms with Gasteiger partial charge in [-0.05, 0) is 49.4 Å². The highest BCUT2D eigenvalue weighted by Gasteiger charge is 2.25. The van der Waals surface area contributed by atoms with Gasteiger partial charge in [0.25, 0.3) is 10.0 Å². The van der Waals surface area contributed by atoms with Gasteiger partial charge in [0.2, 0.25) is 0 Å². The maximum atomic E-state index is 13.0. The molecule has 0 unspecified atom stereocenters. The summed E-state index contributed by atoms with van der Waals surface area (Å²) in [5.41, 5.74) is 3.30. The van der Waals surface area contributed by atoms with Crippen molar-refractivity contribution in [3.8, 4) is 10.4 Å². The van der Waals surface area contributed by atoms with E-state index in [1.807, 2.05) is 6.92 Å². The minimum absolute atomic E-state index is 0.0748. The molecule has 0 spiro atoms. The van der Waals surface area contributed by atoms with E-state index in [1.54, 1.807) is 37.3 Å². The van der Waals surface area contributed by atoms with Gasteiger partial charge in [0, 0.05) is 43.2 Å². The van der Waals surface area contributed by atoms with Gasteiger partial charge < -0.3 is 9.80 Å². The number of sulfonamides is 1. The Labute approximate surface area is 199 Å². The van der Waals surface area contributed by atoms with E-state index in [0.29, 0.717) is 17.0 Å². The van der Waals surface area contributed by atoms with E-state index >= 15 is 0 Å². The molecule has 33 heavy (non-hydrogen) atoms. The van der Waals surface area contributed by atoms with E-state index in [9.17, 15) is 13.2 Å². The summed E-state index contributed by atoms with van der Waals surface area (Å²) < 4.78 is 28.7. The lowest BCUT2D eigenvalue weighted by Gasteiger charge is -2.34. The third-order valence-corrected chi connectivity index (χ3v) is 8.76. The number of likely N-dealkylation sites (N-methyl/N-ethyl adjacent to an activating group) is 1. The molecular weight excluding hydrogens is 454 g/mol. The third-order valence-electron chi connectivity index (χ3n) is 6.01. The molecule has 2 aromatic carbocycles. The topological polar surface area (TPSA) is 69.7 Å². The average molecular weight is 484 g/mol. The van der Waals surface area contributed by atoms with Crippen molar-refractivity contribution in [2.45, 2.75) is 25.2 Å². The van der Waals surface area contributed by atoms with Crippen molar-refractivity contribution in [1.29, 1.82) is 0 Å². The molecule has 0 amide bonds. The molecule has 0 bridgehead atoms. The zero-order valence-corrected chi connectivity index (χ0v) is 20.8. The summed E-state index contributed by atoms with van der Waals surface area (Å²) in [6.45, 7) is 7.73. The molecule has 1 aliphatic rings. The van der Waals surface area contributed by atoms with Gasteiger partial charge in [-0.3, -0.25) is 9.52 Å². The predicted molar refractivity (Wildman–Crippen MR) is 136 cm³/mol. The van der Waals surface area contributed by atoms with Gasteiger partial charge in [0.1, 0.15) is 0 Å². The van der Waals surface area contributed by atoms with Crippen LogP contribution >= 0.6 is 11.3 Å². The first-order chi connectivity index (χ1) is 15.8. The van der Waals surface area contributed by atoms with E-state index in [2.05, 4.69) is 45.8 Å². The summed E-state index contributed by atoms with van der Waals surface area (Å²) in [5, 5.41) is 0. The number of piperazine rings is 1. The summed E-state index contributed by atoms with van der Waals surface area (Å²) >= 11 is 1.35. The Bertz CT molecular complexity index is 1230. The van der Waals surface area contributed by atoms with Crippen LogP contribution in [0.15, 0.2) is 59.5 Å². The number of anilines is 2. The summed E-state index contributed by atoms with van der Waals surface area (Å²) in [6, 6.07) is 16.5. The normalized spacial score (nSPS) is 14.9. The van der Waals surface area contributed by atoms with E-state index in [0.717, 1.165) is 42.2 Å². The lowest BCUT2D eigenvalue weighted by molar-refractivity contribution is 0.0992. The Hall–Kier alpha value is -2.68. The van der Waals surface area contributed by atoms with Gasteiger partial charge in [-0.15, -0.1) is 11.3 Å². The highest BCUT2D eigenvalue weighted by Crippen LogP contribution is 2.41. The molecule has 6 nitrogen and oxygen atoms in total. The van der Waals surface area contributed by atoms with Crippen molar-refractivity contribution in [3.05, 3.63) is 65.0 Å². The van der Waals surface area contributed by atoms with Crippen LogP contribution in [0.25, 0.3) is 10.4 Å². The number of nitrogens with zero attached hydrogens (tertiary/aromatic N) is 2. The molecule has 4 rings (SSSR count). The predicted octanol–water partition coefficient (Wildman–Crippen LogP) is 4.87. The Morgan fingerprint density at radius 3 is 2.24 bits per heavy atom. The fourth-order valence-corrected chi connectivity index (χ4v) is 6.45. The quantitative estimate of drug-likeness (QED) is 0.486. The number of thiophene rings is 1. The lowest BCUT2D eigenvalue weighted by atomic mass is 10.1. The van der Waals surface area contributed by atoms with Crippen LogP contribution in [-0.4, -0.2) is 52.3 Å². The minimum atomic E-state index is -3.80. The number of Topliss-reactive ketones (excluding diaryl/α,β-unsaturated/α-hetero) is 1. The molecule has 1 aromatic heterocycles. The van der Waals surface area contributed by atoms with Crippen LogP contribution in [0.1, 0.15) is 28.6 Å². The molecule has 1 aliphatic heterocycles. The van der Waals surface area contributed by atoms with Gasteiger partial charge in [0.05, 0.1) is 15.5 Å². The van der Waals surface area contributed by atoms with E-state index in [1.165, 1.54) is 17.0 Å². The largest absolute Gasteiger partial charge is 0.369 e. The van der Waals surface area contributed by atoms with Crippen molar-refractivity contribution >= 4 is 38.5 Å². The molecule has 2 heterocycles. The van der Waals surface area contributed by atoms with Crippen LogP contribution in [-0.2, 0) is 10.0 Å². The van der Waals surface area contributed by atoms with Crippen molar-refractivity contribution in [1.82, 2.24) is 4.90 Å². The van der Waals surface area contributed by atoms with E-state index < -0.39 is 10.0 Å². The molecule has 3 aromatic rings. The van der Waals surface area contributed by atoms with Gasteiger partial charge in [0.15, 0.2) is 5.78 Å². The van der Waals surface area contributed by atoms with Crippen LogP contribution in [0, 0.1) is 6.92 Å². The van der Waals surface area contributed by atoms with E-state index in [4.69, 9.17) is 0 Å². The number of benzene rings is 2. The Morgan fingerprint density at radius 1 is 1.00 bits per heavy atom. The summed E-state index contributed by atoms with van der Waals surface area (Å²) in [4.78, 5) is 18.9. The monoisotopic (exact) mass is 483 g/mol. The Kier molecular flexibility index (Phi) is 6.88. The summed E-state index contributed by atoms with van der Waals surface area (Å²) in [6.07, 6.45) is 0.307. The Morgan fingerprint density at radius 2 is 1.64 bits per heavy atom. The zero-order chi connectivity index (χ0) is 23.6. The summed E-state index contributed by atoms with van der Waals surface area (Å²) in [5.74, 6) is -0.0748. The fourth-order valence-electron chi connectivity index (χ4n) is 3.95. The maximum Gasteiger partial charge on any atom is 0.261 e. The Balaban J connectivity index is 1.67. The second-order valence-electron chi connectivity index (χ2n) is 8.29. The zero-order valence-electron chi connectivity index (χ0n) is 19.2. The number of rotatable bonds is 7. The number of carbonyl (C=O) groups is 1. The second-order valence-corrected chi connectivity index (χ2v) is 11.0. The number of carbonyl (C=O) groups excluding carboxylic acids is 1. The first-order valence-corrected chi connectivity index (χ1v) is 13.4. The van der Waals surface area contributed by atoms with Gasteiger partial charge in [-0.1, -0.05) is 37.3 Å².